The van der Waals surface area contributed by atoms with Crippen LogP contribution in [0.2, 0.25) is 0 Å². The minimum Gasteiger partial charge on any atom is -0.310 e. The summed E-state index contributed by atoms with van der Waals surface area (Å²) in [5.41, 5.74) is 14.6. The fraction of sp³-hybridized carbons (Fsp3) is 0.167. The predicted molar refractivity (Wildman–Crippen MR) is 164 cm³/mol. The number of anilines is 6. The van der Waals surface area contributed by atoms with Gasteiger partial charge in [0.05, 0.1) is 0 Å². The van der Waals surface area contributed by atoms with Crippen molar-refractivity contribution in [2.45, 2.75) is 41.5 Å². The zero-order valence-electron chi connectivity index (χ0n) is 23.3. The normalized spacial score (nSPS) is 10.9. The summed E-state index contributed by atoms with van der Waals surface area (Å²) in [5.74, 6) is 0. The van der Waals surface area contributed by atoms with E-state index in [2.05, 4.69) is 161 Å². The first-order valence-corrected chi connectivity index (χ1v) is 13.3. The van der Waals surface area contributed by atoms with Crippen LogP contribution in [-0.4, -0.2) is 0 Å². The summed E-state index contributed by atoms with van der Waals surface area (Å²) in [6.07, 6.45) is 0. The smallest absolute Gasteiger partial charge is 0.0491 e. The number of hydrogen-bond acceptors (Lipinski definition) is 2. The van der Waals surface area contributed by atoms with Crippen molar-refractivity contribution in [1.82, 2.24) is 0 Å². The van der Waals surface area contributed by atoms with Crippen LogP contribution in [-0.2, 0) is 0 Å². The second-order valence-corrected chi connectivity index (χ2v) is 10.3. The lowest BCUT2D eigenvalue weighted by atomic mass is 10.0. The third kappa shape index (κ3) is 4.95. The Balaban J connectivity index is 1.65. The third-order valence-electron chi connectivity index (χ3n) is 7.27. The molecule has 0 spiro atoms. The van der Waals surface area contributed by atoms with E-state index in [-0.39, 0.29) is 0 Å². The van der Waals surface area contributed by atoms with Crippen LogP contribution in [0.3, 0.4) is 0 Å². The Labute approximate surface area is 227 Å². The molecule has 0 bridgehead atoms. The first kappa shape index (κ1) is 25.4. The van der Waals surface area contributed by atoms with Crippen molar-refractivity contribution < 1.29 is 0 Å². The second kappa shape index (κ2) is 10.6. The maximum atomic E-state index is 2.38. The van der Waals surface area contributed by atoms with Gasteiger partial charge in [0.25, 0.3) is 0 Å². The van der Waals surface area contributed by atoms with Crippen LogP contribution in [0.4, 0.5) is 34.1 Å². The first-order chi connectivity index (χ1) is 18.3. The van der Waals surface area contributed by atoms with E-state index in [9.17, 15) is 0 Å². The molecule has 0 saturated carbocycles. The Hall–Kier alpha value is -4.30. The maximum Gasteiger partial charge on any atom is 0.0491 e. The summed E-state index contributed by atoms with van der Waals surface area (Å²) < 4.78 is 0. The van der Waals surface area contributed by atoms with E-state index < -0.39 is 0 Å². The highest BCUT2D eigenvalue weighted by atomic mass is 15.2. The first-order valence-electron chi connectivity index (χ1n) is 13.3. The molecule has 0 aliphatic heterocycles. The molecular weight excluding hydrogens is 460 g/mol. The van der Waals surface area contributed by atoms with E-state index in [4.69, 9.17) is 0 Å². The summed E-state index contributed by atoms with van der Waals surface area (Å²) in [5, 5.41) is 0. The van der Waals surface area contributed by atoms with Crippen LogP contribution in [0.1, 0.15) is 33.4 Å². The molecular formula is C36H36N2. The van der Waals surface area contributed by atoms with Crippen molar-refractivity contribution in [3.63, 3.8) is 0 Å². The molecule has 0 atom stereocenters. The molecule has 5 aromatic carbocycles. The minimum atomic E-state index is 1.14. The van der Waals surface area contributed by atoms with Gasteiger partial charge in [0.2, 0.25) is 0 Å². The van der Waals surface area contributed by atoms with Crippen LogP contribution in [0.15, 0.2) is 109 Å². The Kier molecular flexibility index (Phi) is 7.07. The van der Waals surface area contributed by atoms with Crippen LogP contribution >= 0.6 is 0 Å². The van der Waals surface area contributed by atoms with E-state index in [1.54, 1.807) is 0 Å². The molecule has 2 nitrogen and oxygen atoms in total. The van der Waals surface area contributed by atoms with Gasteiger partial charge in [-0.2, -0.15) is 0 Å². The number of rotatable bonds is 6. The number of para-hydroxylation sites is 2. The van der Waals surface area contributed by atoms with Gasteiger partial charge in [-0.25, -0.2) is 0 Å². The molecule has 2 heteroatoms. The molecule has 0 saturated heterocycles. The molecule has 38 heavy (non-hydrogen) atoms. The lowest BCUT2D eigenvalue weighted by Gasteiger charge is -2.31. The monoisotopic (exact) mass is 496 g/mol. The highest BCUT2D eigenvalue weighted by molar-refractivity contribution is 5.84. The number of hydrogen-bond donors (Lipinski definition) is 0. The number of aryl methyl sites for hydroxylation is 6. The van der Waals surface area contributed by atoms with Crippen molar-refractivity contribution in [3.8, 4) is 0 Å². The van der Waals surface area contributed by atoms with Crippen LogP contribution in [0.25, 0.3) is 0 Å². The van der Waals surface area contributed by atoms with Crippen LogP contribution in [0, 0.1) is 41.5 Å². The molecule has 190 valence electrons. The van der Waals surface area contributed by atoms with Crippen molar-refractivity contribution in [2.75, 3.05) is 9.80 Å². The average molecular weight is 497 g/mol. The van der Waals surface area contributed by atoms with Gasteiger partial charge in [0.15, 0.2) is 0 Å². The van der Waals surface area contributed by atoms with Gasteiger partial charge in [-0.15, -0.1) is 0 Å². The average Bonchev–Trinajstić information content (AvgIpc) is 2.89. The van der Waals surface area contributed by atoms with Crippen molar-refractivity contribution >= 4 is 34.1 Å². The second-order valence-electron chi connectivity index (χ2n) is 10.3. The predicted octanol–water partition coefficient (Wildman–Crippen LogP) is 10.5. The fourth-order valence-corrected chi connectivity index (χ4v) is 5.31. The Morgan fingerprint density at radius 3 is 1.03 bits per heavy atom. The van der Waals surface area contributed by atoms with Gasteiger partial charge in [-0.1, -0.05) is 71.8 Å². The van der Waals surface area contributed by atoms with Crippen LogP contribution < -0.4 is 9.80 Å². The summed E-state index contributed by atoms with van der Waals surface area (Å²) in [7, 11) is 0. The molecule has 5 aromatic rings. The largest absolute Gasteiger partial charge is 0.310 e. The van der Waals surface area contributed by atoms with Crippen molar-refractivity contribution in [1.29, 1.82) is 0 Å². The molecule has 5 rings (SSSR count). The topological polar surface area (TPSA) is 6.48 Å². The third-order valence-corrected chi connectivity index (χ3v) is 7.27. The van der Waals surface area contributed by atoms with E-state index in [1.807, 2.05) is 0 Å². The van der Waals surface area contributed by atoms with Crippen molar-refractivity contribution in [2.24, 2.45) is 0 Å². The zero-order chi connectivity index (χ0) is 26.8. The summed E-state index contributed by atoms with van der Waals surface area (Å²) in [4.78, 5) is 4.76. The van der Waals surface area contributed by atoms with Gasteiger partial charge in [0, 0.05) is 34.1 Å². The van der Waals surface area contributed by atoms with E-state index >= 15 is 0 Å². The van der Waals surface area contributed by atoms with Gasteiger partial charge >= 0.3 is 0 Å². The Bertz CT molecular complexity index is 1460. The molecule has 0 aliphatic carbocycles. The van der Waals surface area contributed by atoms with Gasteiger partial charge in [-0.3, -0.25) is 0 Å². The lowest BCUT2D eigenvalue weighted by molar-refractivity contribution is 1.20. The fourth-order valence-electron chi connectivity index (χ4n) is 5.31. The highest BCUT2D eigenvalue weighted by Crippen LogP contribution is 2.42. The molecule has 0 amide bonds. The van der Waals surface area contributed by atoms with Crippen molar-refractivity contribution in [3.05, 3.63) is 143 Å². The van der Waals surface area contributed by atoms with E-state index in [0.717, 1.165) is 11.4 Å². The molecule has 0 radical (unpaired) electrons. The van der Waals surface area contributed by atoms with Crippen LogP contribution in [0.5, 0.6) is 0 Å². The molecule has 0 fully saturated rings. The standard InChI is InChI=1S/C36H36N2/c1-25-15-21-35(29(5)23-25)37(33-13-9-7-11-27(33)3)31-17-19-32(20-18-31)38(34-14-10-8-12-28(34)4)36-22-16-26(2)24-30(36)6/h7-24H,1-6H3. The van der Waals surface area contributed by atoms with Gasteiger partial charge < -0.3 is 9.80 Å². The highest BCUT2D eigenvalue weighted by Gasteiger charge is 2.19. The molecule has 0 aliphatic rings. The molecule has 0 heterocycles. The summed E-state index contributed by atoms with van der Waals surface area (Å²) in [6, 6.07) is 39.6. The molecule has 0 N–H and O–H groups in total. The molecule has 0 aromatic heterocycles. The quantitative estimate of drug-likeness (QED) is 0.231. The van der Waals surface area contributed by atoms with Gasteiger partial charge in [-0.05, 0) is 112 Å². The Morgan fingerprint density at radius 2 is 0.684 bits per heavy atom. The van der Waals surface area contributed by atoms with E-state index in [1.165, 1.54) is 56.1 Å². The number of nitrogens with zero attached hydrogens (tertiary/aromatic N) is 2. The Morgan fingerprint density at radius 1 is 0.342 bits per heavy atom. The SMILES string of the molecule is Cc1ccc(N(c2ccc(N(c3ccccc3C)c3ccc(C)cc3C)cc2)c2ccccc2C)c(C)c1. The molecule has 0 unspecified atom stereocenters. The van der Waals surface area contributed by atoms with E-state index in [0.29, 0.717) is 0 Å². The lowest BCUT2D eigenvalue weighted by Crippen LogP contribution is -2.14. The number of benzene rings is 5. The summed E-state index contributed by atoms with van der Waals surface area (Å²) >= 11 is 0. The summed E-state index contributed by atoms with van der Waals surface area (Å²) in [6.45, 7) is 13.1. The maximum absolute atomic E-state index is 2.38. The minimum absolute atomic E-state index is 1.14. The van der Waals surface area contributed by atoms with Gasteiger partial charge in [0.1, 0.15) is 0 Å². The zero-order valence-corrected chi connectivity index (χ0v) is 23.3.